The van der Waals surface area contributed by atoms with Gasteiger partial charge in [-0.15, -0.1) is 0 Å². The van der Waals surface area contributed by atoms with Crippen LogP contribution < -0.4 is 4.90 Å². The van der Waals surface area contributed by atoms with Crippen molar-refractivity contribution < 1.29 is 9.53 Å². The van der Waals surface area contributed by atoms with E-state index in [1.165, 1.54) is 11.3 Å². The molecule has 1 aromatic carbocycles. The number of amides is 1. The fourth-order valence-electron chi connectivity index (χ4n) is 2.97. The van der Waals surface area contributed by atoms with E-state index in [4.69, 9.17) is 4.74 Å². The smallest absolute Gasteiger partial charge is 0.261 e. The van der Waals surface area contributed by atoms with Gasteiger partial charge < -0.3 is 4.74 Å². The lowest BCUT2D eigenvalue weighted by Gasteiger charge is -2.23. The average Bonchev–Trinajstić information content (AvgIpc) is 3.29. The average molecular weight is 353 g/mol. The van der Waals surface area contributed by atoms with E-state index >= 15 is 0 Å². The molecule has 3 heterocycles. The van der Waals surface area contributed by atoms with Gasteiger partial charge in [0.1, 0.15) is 0 Å². The largest absolute Gasteiger partial charge is 0.376 e. The van der Waals surface area contributed by atoms with Gasteiger partial charge in [0.2, 0.25) is 0 Å². The molecule has 1 saturated heterocycles. The number of aromatic nitrogens is 2. The number of carbonyl (C=O) groups is 1. The number of ether oxygens (including phenoxy) is 1. The van der Waals surface area contributed by atoms with Gasteiger partial charge in [-0.3, -0.25) is 14.7 Å². The quantitative estimate of drug-likeness (QED) is 0.715. The number of hydrogen-bond acceptors (Lipinski definition) is 5. The molecule has 1 fully saturated rings. The summed E-state index contributed by atoms with van der Waals surface area (Å²) in [5.74, 6) is -0.0814. The maximum atomic E-state index is 13.1. The van der Waals surface area contributed by atoms with Gasteiger partial charge in [0.25, 0.3) is 5.91 Å². The zero-order chi connectivity index (χ0) is 17.2. The second-order valence-corrected chi connectivity index (χ2v) is 7.21. The van der Waals surface area contributed by atoms with Crippen LogP contribution in [0.4, 0.5) is 5.13 Å². The zero-order valence-corrected chi connectivity index (χ0v) is 14.8. The van der Waals surface area contributed by atoms with E-state index in [0.29, 0.717) is 17.2 Å². The van der Waals surface area contributed by atoms with Crippen molar-refractivity contribution in [3.05, 3.63) is 53.9 Å². The minimum Gasteiger partial charge on any atom is -0.376 e. The molecule has 3 aromatic rings. The summed E-state index contributed by atoms with van der Waals surface area (Å²) in [6, 6.07) is 11.6. The fraction of sp³-hybridized carbons (Fsp3) is 0.316. The summed E-state index contributed by atoms with van der Waals surface area (Å²) in [5.41, 5.74) is 2.37. The lowest BCUT2D eigenvalue weighted by molar-refractivity contribution is 0.0917. The Bertz CT molecular complexity index is 852. The van der Waals surface area contributed by atoms with Crippen LogP contribution in [-0.4, -0.2) is 35.1 Å². The second-order valence-electron chi connectivity index (χ2n) is 6.20. The van der Waals surface area contributed by atoms with Crippen LogP contribution in [0.5, 0.6) is 0 Å². The van der Waals surface area contributed by atoms with E-state index in [1.54, 1.807) is 11.1 Å². The Hall–Kier alpha value is -2.31. The predicted octanol–water partition coefficient (Wildman–Crippen LogP) is 3.83. The highest BCUT2D eigenvalue weighted by molar-refractivity contribution is 7.22. The molecule has 1 atom stereocenters. The molecule has 0 radical (unpaired) electrons. The van der Waals surface area contributed by atoms with Crippen molar-refractivity contribution in [2.75, 3.05) is 18.1 Å². The fourth-order valence-corrected chi connectivity index (χ4v) is 3.94. The first kappa shape index (κ1) is 16.2. The summed E-state index contributed by atoms with van der Waals surface area (Å²) in [5, 5.41) is 0.710. The third kappa shape index (κ3) is 3.41. The molecular formula is C19H19N3O2S. The molecule has 6 heteroatoms. The molecule has 4 rings (SSSR count). The van der Waals surface area contributed by atoms with E-state index in [2.05, 4.69) is 9.97 Å². The second kappa shape index (κ2) is 6.90. The van der Waals surface area contributed by atoms with E-state index in [0.717, 1.165) is 35.4 Å². The highest BCUT2D eigenvalue weighted by Gasteiger charge is 2.27. The zero-order valence-electron chi connectivity index (χ0n) is 14.0. The van der Waals surface area contributed by atoms with Crippen molar-refractivity contribution in [2.45, 2.75) is 25.9 Å². The number of thiazole rings is 1. The molecule has 2 aromatic heterocycles. The van der Waals surface area contributed by atoms with Crippen molar-refractivity contribution in [2.24, 2.45) is 0 Å². The van der Waals surface area contributed by atoms with Crippen molar-refractivity contribution >= 4 is 32.6 Å². The predicted molar refractivity (Wildman–Crippen MR) is 99.2 cm³/mol. The first-order chi connectivity index (χ1) is 12.2. The maximum Gasteiger partial charge on any atom is 0.261 e. The van der Waals surface area contributed by atoms with E-state index in [1.807, 2.05) is 43.3 Å². The molecular weight excluding hydrogens is 334 g/mol. The Morgan fingerprint density at radius 1 is 1.32 bits per heavy atom. The van der Waals surface area contributed by atoms with Gasteiger partial charge in [-0.05, 0) is 44.0 Å². The molecule has 128 valence electrons. The Kier molecular flexibility index (Phi) is 4.46. The van der Waals surface area contributed by atoms with Crippen LogP contribution in [0.1, 0.15) is 28.9 Å². The first-order valence-corrected chi connectivity index (χ1v) is 9.24. The Morgan fingerprint density at radius 3 is 2.92 bits per heavy atom. The number of rotatable bonds is 4. The number of aryl methyl sites for hydroxylation is 1. The van der Waals surface area contributed by atoms with Gasteiger partial charge in [0.05, 0.1) is 28.4 Å². The molecule has 0 spiro atoms. The summed E-state index contributed by atoms with van der Waals surface area (Å²) in [4.78, 5) is 23.8. The Balaban J connectivity index is 1.69. The summed E-state index contributed by atoms with van der Waals surface area (Å²) < 4.78 is 6.83. The number of pyridine rings is 1. The van der Waals surface area contributed by atoms with Gasteiger partial charge in [-0.2, -0.15) is 0 Å². The summed E-state index contributed by atoms with van der Waals surface area (Å²) >= 11 is 1.53. The van der Waals surface area contributed by atoms with Crippen molar-refractivity contribution in [1.29, 1.82) is 0 Å². The molecule has 0 saturated carbocycles. The van der Waals surface area contributed by atoms with Gasteiger partial charge >= 0.3 is 0 Å². The van der Waals surface area contributed by atoms with Crippen LogP contribution in [0.25, 0.3) is 10.2 Å². The third-order valence-electron chi connectivity index (χ3n) is 4.33. The first-order valence-electron chi connectivity index (χ1n) is 8.42. The minimum absolute atomic E-state index is 0.0642. The monoisotopic (exact) mass is 353 g/mol. The SMILES string of the molecule is Cc1ccc(C(=O)N(CC2CCCO2)c2nc3ccccc3s2)cn1. The molecule has 0 aliphatic carbocycles. The molecule has 5 nitrogen and oxygen atoms in total. The number of hydrogen-bond donors (Lipinski definition) is 0. The van der Waals surface area contributed by atoms with E-state index in [-0.39, 0.29) is 12.0 Å². The number of para-hydroxylation sites is 1. The maximum absolute atomic E-state index is 13.1. The molecule has 1 unspecified atom stereocenters. The Morgan fingerprint density at radius 2 is 2.20 bits per heavy atom. The summed E-state index contributed by atoms with van der Waals surface area (Å²) in [6.07, 6.45) is 3.71. The Labute approximate surface area is 150 Å². The van der Waals surface area contributed by atoms with Crippen molar-refractivity contribution in [3.8, 4) is 0 Å². The van der Waals surface area contributed by atoms with E-state index < -0.39 is 0 Å². The highest BCUT2D eigenvalue weighted by Crippen LogP contribution is 2.30. The number of carbonyl (C=O) groups excluding carboxylic acids is 1. The third-order valence-corrected chi connectivity index (χ3v) is 5.39. The number of nitrogens with zero attached hydrogens (tertiary/aromatic N) is 3. The van der Waals surface area contributed by atoms with E-state index in [9.17, 15) is 4.79 Å². The number of fused-ring (bicyclic) bond motifs is 1. The summed E-state index contributed by atoms with van der Waals surface area (Å²) in [7, 11) is 0. The molecule has 0 bridgehead atoms. The highest BCUT2D eigenvalue weighted by atomic mass is 32.1. The van der Waals surface area contributed by atoms with Gasteiger partial charge in [-0.25, -0.2) is 4.98 Å². The van der Waals surface area contributed by atoms with Crippen LogP contribution >= 0.6 is 11.3 Å². The van der Waals surface area contributed by atoms with Crippen LogP contribution in [0, 0.1) is 6.92 Å². The minimum atomic E-state index is -0.0814. The standard InChI is InChI=1S/C19H19N3O2S/c1-13-8-9-14(11-20-13)18(23)22(12-15-5-4-10-24-15)19-21-16-6-2-3-7-17(16)25-19/h2-3,6-9,11,15H,4-5,10,12H2,1H3. The van der Waals surface area contributed by atoms with Crippen LogP contribution in [0.15, 0.2) is 42.6 Å². The topological polar surface area (TPSA) is 55.3 Å². The van der Waals surface area contributed by atoms with Gasteiger partial charge in [0, 0.05) is 18.5 Å². The van der Waals surface area contributed by atoms with Crippen molar-refractivity contribution in [3.63, 3.8) is 0 Å². The van der Waals surface area contributed by atoms with Crippen LogP contribution in [0.2, 0.25) is 0 Å². The number of anilines is 1. The van der Waals surface area contributed by atoms with Gasteiger partial charge in [0.15, 0.2) is 5.13 Å². The molecule has 25 heavy (non-hydrogen) atoms. The lowest BCUT2D eigenvalue weighted by atomic mass is 10.2. The van der Waals surface area contributed by atoms with Crippen LogP contribution in [-0.2, 0) is 4.74 Å². The molecule has 1 aliphatic rings. The molecule has 1 aliphatic heterocycles. The van der Waals surface area contributed by atoms with Crippen LogP contribution in [0.3, 0.4) is 0 Å². The normalized spacial score (nSPS) is 17.1. The summed E-state index contributed by atoms with van der Waals surface area (Å²) in [6.45, 7) is 3.19. The molecule has 0 N–H and O–H groups in total. The number of benzene rings is 1. The van der Waals surface area contributed by atoms with Gasteiger partial charge in [-0.1, -0.05) is 23.5 Å². The lowest BCUT2D eigenvalue weighted by Crippen LogP contribution is -2.37. The molecule has 1 amide bonds. The van der Waals surface area contributed by atoms with Crippen molar-refractivity contribution in [1.82, 2.24) is 9.97 Å².